The van der Waals surface area contributed by atoms with Crippen LogP contribution in [0.4, 0.5) is 0 Å². The largest absolute Gasteiger partial charge is 0.735 e. The summed E-state index contributed by atoms with van der Waals surface area (Å²) in [5, 5.41) is 119. The van der Waals surface area contributed by atoms with Crippen molar-refractivity contribution in [2.45, 2.75) is 205 Å². The van der Waals surface area contributed by atoms with E-state index in [1.807, 2.05) is 5.32 Å². The number of carbonyl (C=O) groups excluding carboxylic acids is 4. The molecule has 6 heterocycles. The number of aliphatic carboxylic acids is 3. The summed E-state index contributed by atoms with van der Waals surface area (Å²) in [6.07, 6.45) is -73.0. The molecule has 0 aliphatic carbocycles. The van der Waals surface area contributed by atoms with Crippen molar-refractivity contribution in [3.8, 4) is 0 Å². The molecule has 0 unspecified atom stereocenters. The second-order valence-electron chi connectivity index (χ2n) is 23.0. The standard InChI is InChI=1S/C42H67N3O52S7/c1-9(46)43-15-19(49)24(88-39-18(48)10(47)5-11(84-39)33(54)55)12(6-81-100(66,67)68)85-36(15)91-28-21(51)22(52)40(93-31(28)34(56)57)90-26-14(8-83-102(72,73)74)86-37(17(45-99(63,64)65)27(26)96-103(75,76)77)92-29-23(53)30(97-104(78,79)80)41(94-32(29)35(58)59)89-25-13(7-82-101(69,70)71)87-38(95-42(2,3)4)16(20(25)50)44-98(60,61)62/h5,10,12-32,36-41,44-45,47-53H,6-8H2,1-4H3,(H,43,46)(H,54,55)(H,56,57)(H,58,59)(H,60,61,62)(H,63,64,65)(H,66,67,68)(H,69,70,71)(H,72,73,74)(H,75,76,77)(H,78,79,80)/p-10/t10-,12+,13+,14+,15+,16+,17+,18+,19+,20+,21+,22+,23-,24+,25+,26+,27+,28-,29-,30+,31-,32+,36+,37+,38+,39-,40+,41+/m0/s1. The van der Waals surface area contributed by atoms with Crippen LogP contribution in [0.25, 0.3) is 0 Å². The minimum Gasteiger partial charge on any atom is -0.735 e. The molecule has 604 valence electrons. The number of hydrogen-bond acceptors (Lipinski definition) is 52. The number of aliphatic hydroxyl groups excluding tert-OH is 7. The lowest BCUT2D eigenvalue weighted by Gasteiger charge is -2.52. The van der Waals surface area contributed by atoms with Crippen LogP contribution in [0.3, 0.4) is 0 Å². The first-order valence-electron chi connectivity index (χ1n) is 28.0. The SMILES string of the molecule is CC(=O)N[C@H]1[C@@H](O[C@H]2[C@H](O)[C@@H](O)[C@H](O[C@H]3[C@H](OS(=O)(=O)[O-])[C@@H](NS(=O)(=O)[O-])[C@@H](O[C@H]4[C@H](O)[C@@H](OS(=O)(=O)[O-])[C@H](O[C@H]5[C@H](O)[C@@H](NS(=O)(=O)[O-])[C@@H](OC(C)(C)C)O[C@@H]5COS(=O)(=O)[O-])O[C@H]4C(=O)[O-])O[C@@H]3COS(=O)(=O)[O-])O[C@@H]2C(=O)[O-])O[C@H](COS(=O)(=O)[O-])[C@@H](O[C@@H]2OC(C(=O)[O-])=C[C@H](O)[C@H]2O)[C@@H]1O. The number of amides is 1. The van der Waals surface area contributed by atoms with Crippen LogP contribution in [0, 0.1) is 0 Å². The average molecular weight is 1660 g/mol. The van der Waals surface area contributed by atoms with Gasteiger partial charge in [0.15, 0.2) is 58.2 Å². The lowest BCUT2D eigenvalue weighted by molar-refractivity contribution is -0.391. The van der Waals surface area contributed by atoms with Gasteiger partial charge in [0.25, 0.3) is 0 Å². The van der Waals surface area contributed by atoms with Crippen molar-refractivity contribution in [2.24, 2.45) is 0 Å². The average Bonchev–Trinajstić information content (AvgIpc) is 0.766. The molecule has 6 aliphatic heterocycles. The van der Waals surface area contributed by atoms with Crippen molar-refractivity contribution in [2.75, 3.05) is 19.8 Å². The van der Waals surface area contributed by atoms with E-state index in [0.29, 0.717) is 13.0 Å². The fourth-order valence-electron chi connectivity index (χ4n) is 10.5. The molecule has 0 radical (unpaired) electrons. The van der Waals surface area contributed by atoms with Crippen LogP contribution in [0.1, 0.15) is 27.7 Å². The highest BCUT2D eigenvalue weighted by Crippen LogP contribution is 2.40. The summed E-state index contributed by atoms with van der Waals surface area (Å²) >= 11 is 0. The van der Waals surface area contributed by atoms with Gasteiger partial charge in [0.05, 0.1) is 37.4 Å². The van der Waals surface area contributed by atoms with E-state index in [1.54, 1.807) is 0 Å². The van der Waals surface area contributed by atoms with Gasteiger partial charge in [-0.05, 0) is 26.8 Å². The molecule has 55 nitrogen and oxygen atoms in total. The summed E-state index contributed by atoms with van der Waals surface area (Å²) in [5.41, 5.74) is -1.52. The molecule has 5 fully saturated rings. The number of carbonyl (C=O) groups is 4. The van der Waals surface area contributed by atoms with Crippen LogP contribution in [0.2, 0.25) is 0 Å². The van der Waals surface area contributed by atoms with Crippen molar-refractivity contribution in [3.63, 3.8) is 0 Å². The molecule has 6 rings (SSSR count). The maximum absolute atomic E-state index is 13.0. The number of carboxylic acid groups (broad SMARTS) is 3. The Morgan fingerprint density at radius 2 is 0.817 bits per heavy atom. The van der Waals surface area contributed by atoms with Crippen LogP contribution in [0.15, 0.2) is 11.8 Å². The second kappa shape index (κ2) is 34.0. The van der Waals surface area contributed by atoms with Crippen molar-refractivity contribution in [1.29, 1.82) is 0 Å². The number of nitrogens with one attached hydrogen (secondary N) is 3. The molecule has 0 aromatic heterocycles. The molecule has 6 aliphatic rings. The van der Waals surface area contributed by atoms with Gasteiger partial charge in [0.1, 0.15) is 140 Å². The maximum atomic E-state index is 13.0. The highest BCUT2D eigenvalue weighted by atomic mass is 32.3. The van der Waals surface area contributed by atoms with Crippen LogP contribution in [0.5, 0.6) is 0 Å². The molecule has 0 aromatic carbocycles. The van der Waals surface area contributed by atoms with Gasteiger partial charge in [0.2, 0.25) is 64.2 Å². The Labute approximate surface area is 584 Å². The number of carboxylic acids is 3. The molecular weight excluding hydrogens is 1600 g/mol. The van der Waals surface area contributed by atoms with E-state index in [4.69, 9.17) is 56.8 Å². The fourth-order valence-corrected chi connectivity index (χ4v) is 13.5. The molecule has 28 atom stereocenters. The number of rotatable bonds is 32. The Morgan fingerprint density at radius 3 is 1.24 bits per heavy atom. The van der Waals surface area contributed by atoms with E-state index in [9.17, 15) is 161 Å². The van der Waals surface area contributed by atoms with Crippen LogP contribution < -0.4 is 30.1 Å². The summed E-state index contributed by atoms with van der Waals surface area (Å²) in [6.45, 7) is -1.15. The van der Waals surface area contributed by atoms with E-state index in [0.717, 1.165) is 4.72 Å². The maximum Gasteiger partial charge on any atom is 0.229 e. The van der Waals surface area contributed by atoms with Gasteiger partial charge in [-0.1, -0.05) is 0 Å². The van der Waals surface area contributed by atoms with Crippen LogP contribution >= 0.6 is 0 Å². The number of ether oxygens (including phenoxy) is 12. The van der Waals surface area contributed by atoms with Crippen LogP contribution in [-0.2, 0) is 170 Å². The second-order valence-corrected chi connectivity index (χ2v) is 30.5. The molecule has 0 aromatic rings. The van der Waals surface area contributed by atoms with Gasteiger partial charge < -0.3 is 159 Å². The summed E-state index contributed by atoms with van der Waals surface area (Å²) in [4.78, 5) is 50.1. The van der Waals surface area contributed by atoms with Crippen molar-refractivity contribution in [3.05, 3.63) is 11.8 Å². The van der Waals surface area contributed by atoms with Crippen LogP contribution in [-0.4, -0.2) is 348 Å². The third-order valence-electron chi connectivity index (χ3n) is 14.4. The third-order valence-corrected chi connectivity index (χ3v) is 17.7. The highest BCUT2D eigenvalue weighted by Gasteiger charge is 2.60. The van der Waals surface area contributed by atoms with Gasteiger partial charge >= 0.3 is 0 Å². The van der Waals surface area contributed by atoms with Gasteiger partial charge in [-0.15, -0.1) is 0 Å². The summed E-state index contributed by atoms with van der Waals surface area (Å²) < 4.78 is 342. The van der Waals surface area contributed by atoms with Gasteiger partial charge in [-0.25, -0.2) is 68.4 Å². The minimum absolute atomic E-state index is 0.383. The zero-order valence-electron chi connectivity index (χ0n) is 51.7. The fraction of sp³-hybridized carbons (Fsp3) is 0.857. The van der Waals surface area contributed by atoms with E-state index >= 15 is 0 Å². The summed E-state index contributed by atoms with van der Waals surface area (Å²) in [5.74, 6) is -10.2. The molecular formula is C42H57N3O52S7-10. The third kappa shape index (κ3) is 25.2. The summed E-state index contributed by atoms with van der Waals surface area (Å²) in [6, 6.07) is -8.31. The number of hydrogen-bond donors (Lipinski definition) is 10. The molecule has 0 saturated carbocycles. The predicted octanol–water partition coefficient (Wildman–Crippen LogP) is -19.2. The Morgan fingerprint density at radius 1 is 0.433 bits per heavy atom. The van der Waals surface area contributed by atoms with Crippen molar-refractivity contribution < 1.29 is 239 Å². The van der Waals surface area contributed by atoms with E-state index in [1.165, 1.54) is 25.5 Å². The molecule has 104 heavy (non-hydrogen) atoms. The molecule has 5 saturated heterocycles. The molecule has 62 heteroatoms. The first-order valence-corrected chi connectivity index (χ1v) is 37.5. The van der Waals surface area contributed by atoms with Gasteiger partial charge in [-0.2, -0.15) is 0 Å². The Kier molecular flexibility index (Phi) is 29.0. The smallest absolute Gasteiger partial charge is 0.229 e. The summed E-state index contributed by atoms with van der Waals surface area (Å²) in [7, 11) is -43.5. The highest BCUT2D eigenvalue weighted by molar-refractivity contribution is 7.84. The monoisotopic (exact) mass is 1660 g/mol. The van der Waals surface area contributed by atoms with E-state index < -0.39 is 299 Å². The molecule has 0 bridgehead atoms. The Balaban J connectivity index is 1.40. The quantitative estimate of drug-likeness (QED) is 0.0221. The molecule has 10 N–H and O–H groups in total. The first-order chi connectivity index (χ1) is 47.2. The number of aliphatic hydroxyl groups is 7. The Hall–Kier alpha value is -4.21. The van der Waals surface area contributed by atoms with Gasteiger partial charge in [-0.3, -0.25) is 25.7 Å². The lowest BCUT2D eigenvalue weighted by atomic mass is 9.94. The van der Waals surface area contributed by atoms with Crippen molar-refractivity contribution >= 4 is 96.4 Å². The van der Waals surface area contributed by atoms with E-state index in [2.05, 4.69) is 20.9 Å². The zero-order chi connectivity index (χ0) is 79.0. The van der Waals surface area contributed by atoms with Crippen molar-refractivity contribution in [1.82, 2.24) is 14.8 Å². The topological polar surface area (TPSA) is 872 Å². The first kappa shape index (κ1) is 88.7. The zero-order valence-corrected chi connectivity index (χ0v) is 57.4. The minimum atomic E-state index is -6.71. The van der Waals surface area contributed by atoms with Gasteiger partial charge in [0, 0.05) is 6.92 Å². The normalized spacial score (nSPS) is 38.1. The van der Waals surface area contributed by atoms with E-state index in [-0.39, 0.29) is 0 Å². The molecule has 1 amide bonds. The Bertz CT molecular complexity index is 3920. The predicted molar refractivity (Wildman–Crippen MR) is 285 cm³/mol. The lowest BCUT2D eigenvalue weighted by Crippen LogP contribution is -2.72. The molecule has 0 spiro atoms.